The molecule has 1 aliphatic heterocycles. The van der Waals surface area contributed by atoms with Crippen LogP contribution in [0.4, 0.5) is 18.0 Å². The molecule has 1 saturated carbocycles. The van der Waals surface area contributed by atoms with Crippen molar-refractivity contribution in [3.05, 3.63) is 34.3 Å². The van der Waals surface area contributed by atoms with Crippen LogP contribution in [0.3, 0.4) is 0 Å². The van der Waals surface area contributed by atoms with Crippen molar-refractivity contribution in [2.45, 2.75) is 83.8 Å². The molecule has 0 bridgehead atoms. The van der Waals surface area contributed by atoms with E-state index < -0.39 is 46.9 Å². The predicted molar refractivity (Wildman–Crippen MR) is 111 cm³/mol. The SMILES string of the molecule is CC(O)[C@]1(C(=O)N2CCc3c(cc(C(F)(F)F)c[n+]3[O-])C2)CC[C@@H](NC(=O)OC(C)(C)C)C1. The Morgan fingerprint density at radius 3 is 2.61 bits per heavy atom. The van der Waals surface area contributed by atoms with E-state index in [2.05, 4.69) is 5.32 Å². The van der Waals surface area contributed by atoms with E-state index in [1.54, 1.807) is 20.8 Å². The average molecular weight is 473 g/mol. The molecule has 11 heteroatoms. The van der Waals surface area contributed by atoms with E-state index in [1.165, 1.54) is 11.8 Å². The fourth-order valence-electron chi connectivity index (χ4n) is 4.66. The van der Waals surface area contributed by atoms with Crippen LogP contribution in [0.2, 0.25) is 0 Å². The monoisotopic (exact) mass is 473 g/mol. The van der Waals surface area contributed by atoms with Gasteiger partial charge in [-0.3, -0.25) is 4.79 Å². The Labute approximate surface area is 190 Å². The lowest BCUT2D eigenvalue weighted by molar-refractivity contribution is -0.616. The Balaban J connectivity index is 1.78. The molecule has 0 saturated heterocycles. The van der Waals surface area contributed by atoms with E-state index >= 15 is 0 Å². The molecule has 184 valence electrons. The molecule has 2 N–H and O–H groups in total. The summed E-state index contributed by atoms with van der Waals surface area (Å²) in [6.07, 6.45) is -4.79. The average Bonchev–Trinajstić information content (AvgIpc) is 3.09. The van der Waals surface area contributed by atoms with Gasteiger partial charge in [-0.05, 0) is 53.0 Å². The number of hydrogen-bond donors (Lipinski definition) is 2. The minimum atomic E-state index is -4.68. The topological polar surface area (TPSA) is 106 Å². The number of carbonyl (C=O) groups excluding carboxylic acids is 2. The summed E-state index contributed by atoms with van der Waals surface area (Å²) in [4.78, 5) is 27.0. The molecule has 0 radical (unpaired) electrons. The molecule has 1 unspecified atom stereocenters. The summed E-state index contributed by atoms with van der Waals surface area (Å²) < 4.78 is 44.9. The number of aliphatic hydroxyl groups is 1. The number of aliphatic hydroxyl groups excluding tert-OH is 1. The van der Waals surface area contributed by atoms with Crippen molar-refractivity contribution >= 4 is 12.0 Å². The highest BCUT2D eigenvalue weighted by Gasteiger charge is 2.51. The van der Waals surface area contributed by atoms with Crippen LogP contribution in [0.1, 0.15) is 63.8 Å². The lowest BCUT2D eigenvalue weighted by atomic mass is 9.78. The van der Waals surface area contributed by atoms with E-state index in [4.69, 9.17) is 4.74 Å². The molecule has 2 heterocycles. The fourth-order valence-corrected chi connectivity index (χ4v) is 4.66. The lowest BCUT2D eigenvalue weighted by Gasteiger charge is -2.38. The molecular formula is C22H30F3N3O5. The third-order valence-electron chi connectivity index (χ3n) is 6.31. The predicted octanol–water partition coefficient (Wildman–Crippen LogP) is 2.67. The molecule has 1 aromatic rings. The third kappa shape index (κ3) is 5.34. The maximum Gasteiger partial charge on any atom is 0.422 e. The van der Waals surface area contributed by atoms with Gasteiger partial charge in [-0.2, -0.15) is 17.9 Å². The van der Waals surface area contributed by atoms with Gasteiger partial charge in [-0.25, -0.2) is 4.79 Å². The zero-order valence-corrected chi connectivity index (χ0v) is 19.2. The summed E-state index contributed by atoms with van der Waals surface area (Å²) >= 11 is 0. The Kier molecular flexibility index (Phi) is 6.58. The number of aromatic nitrogens is 1. The van der Waals surface area contributed by atoms with Gasteiger partial charge in [0.2, 0.25) is 5.91 Å². The highest BCUT2D eigenvalue weighted by atomic mass is 19.4. The molecular weight excluding hydrogens is 443 g/mol. The van der Waals surface area contributed by atoms with Gasteiger partial charge in [-0.15, -0.1) is 0 Å². The smallest absolute Gasteiger partial charge is 0.422 e. The Morgan fingerprint density at radius 1 is 1.36 bits per heavy atom. The van der Waals surface area contributed by atoms with E-state index in [1.807, 2.05) is 0 Å². The molecule has 2 aliphatic rings. The number of nitrogens with zero attached hydrogens (tertiary/aromatic N) is 2. The minimum Gasteiger partial charge on any atom is -0.618 e. The highest BCUT2D eigenvalue weighted by molar-refractivity contribution is 5.84. The summed E-state index contributed by atoms with van der Waals surface area (Å²) in [5.74, 6) is -0.397. The van der Waals surface area contributed by atoms with Gasteiger partial charge < -0.3 is 25.3 Å². The van der Waals surface area contributed by atoms with Crippen molar-refractivity contribution in [2.24, 2.45) is 5.41 Å². The van der Waals surface area contributed by atoms with E-state index in [0.717, 1.165) is 6.07 Å². The summed E-state index contributed by atoms with van der Waals surface area (Å²) in [6.45, 7) is 6.69. The first-order valence-electron chi connectivity index (χ1n) is 10.9. The second kappa shape index (κ2) is 8.66. The van der Waals surface area contributed by atoms with Gasteiger partial charge in [0.15, 0.2) is 11.9 Å². The number of amides is 2. The number of carbonyl (C=O) groups is 2. The fraction of sp³-hybridized carbons (Fsp3) is 0.682. The first-order valence-corrected chi connectivity index (χ1v) is 10.9. The van der Waals surface area contributed by atoms with Gasteiger partial charge in [0, 0.05) is 18.2 Å². The summed E-state index contributed by atoms with van der Waals surface area (Å²) in [6, 6.07) is 0.510. The molecule has 0 spiro atoms. The van der Waals surface area contributed by atoms with Crippen LogP contribution >= 0.6 is 0 Å². The summed E-state index contributed by atoms with van der Waals surface area (Å²) in [5, 5.41) is 25.4. The van der Waals surface area contributed by atoms with Crippen molar-refractivity contribution < 1.29 is 37.3 Å². The Morgan fingerprint density at radius 2 is 2.03 bits per heavy atom. The van der Waals surface area contributed by atoms with Gasteiger partial charge >= 0.3 is 12.3 Å². The second-order valence-corrected chi connectivity index (χ2v) is 9.92. The molecule has 0 aromatic carbocycles. The van der Waals surface area contributed by atoms with Crippen LogP contribution in [-0.4, -0.2) is 46.3 Å². The van der Waals surface area contributed by atoms with Gasteiger partial charge in [0.1, 0.15) is 11.2 Å². The van der Waals surface area contributed by atoms with Crippen molar-refractivity contribution in [1.82, 2.24) is 10.2 Å². The van der Waals surface area contributed by atoms with Crippen molar-refractivity contribution in [1.29, 1.82) is 0 Å². The lowest BCUT2D eigenvalue weighted by Crippen LogP contribution is -2.52. The number of rotatable bonds is 3. The molecule has 2 amide bonds. The third-order valence-corrected chi connectivity index (χ3v) is 6.31. The quantitative estimate of drug-likeness (QED) is 0.519. The molecule has 8 nitrogen and oxygen atoms in total. The van der Waals surface area contributed by atoms with Crippen molar-refractivity contribution in [3.8, 4) is 0 Å². The minimum absolute atomic E-state index is 0.109. The van der Waals surface area contributed by atoms with Crippen LogP contribution in [0.5, 0.6) is 0 Å². The van der Waals surface area contributed by atoms with E-state index in [9.17, 15) is 33.1 Å². The number of alkyl halides is 3. The van der Waals surface area contributed by atoms with E-state index in [-0.39, 0.29) is 41.9 Å². The molecule has 33 heavy (non-hydrogen) atoms. The summed E-state index contributed by atoms with van der Waals surface area (Å²) in [5.41, 5.74) is -2.60. The number of nitrogens with one attached hydrogen (secondary N) is 1. The van der Waals surface area contributed by atoms with Gasteiger partial charge in [-0.1, -0.05) is 0 Å². The molecule has 3 rings (SSSR count). The van der Waals surface area contributed by atoms with Crippen LogP contribution in [-0.2, 0) is 28.7 Å². The molecule has 1 aliphatic carbocycles. The van der Waals surface area contributed by atoms with Crippen molar-refractivity contribution in [2.75, 3.05) is 6.54 Å². The number of ether oxygens (including phenoxy) is 1. The van der Waals surface area contributed by atoms with Gasteiger partial charge in [0.05, 0.1) is 24.5 Å². The maximum absolute atomic E-state index is 13.5. The van der Waals surface area contributed by atoms with Gasteiger partial charge in [0.25, 0.3) is 0 Å². The Hall–Kier alpha value is -2.56. The number of pyridine rings is 1. The zero-order chi connectivity index (χ0) is 24.8. The normalized spacial score (nSPS) is 24.2. The van der Waals surface area contributed by atoms with Crippen LogP contribution in [0, 0.1) is 10.6 Å². The van der Waals surface area contributed by atoms with Crippen LogP contribution in [0.25, 0.3) is 0 Å². The van der Waals surface area contributed by atoms with Crippen LogP contribution < -0.4 is 10.0 Å². The van der Waals surface area contributed by atoms with Crippen molar-refractivity contribution in [3.63, 3.8) is 0 Å². The number of fused-ring (bicyclic) bond motifs is 1. The standard InChI is InChI=1S/C22H30F3N3O5/c1-13(29)21(7-5-16(10-21)26-19(31)33-20(2,3)4)18(30)27-8-6-17-14(11-27)9-15(12-28(17)32)22(23,24)25/h9,12-13,16,29H,5-8,10-11H2,1-4H3,(H,26,31)/t13?,16-,21+/m1/s1. The molecule has 1 aromatic heterocycles. The number of halogens is 3. The molecule has 1 fully saturated rings. The molecule has 3 atom stereocenters. The largest absolute Gasteiger partial charge is 0.618 e. The zero-order valence-electron chi connectivity index (χ0n) is 19.2. The summed E-state index contributed by atoms with van der Waals surface area (Å²) in [7, 11) is 0. The highest BCUT2D eigenvalue weighted by Crippen LogP contribution is 2.44. The van der Waals surface area contributed by atoms with Crippen LogP contribution in [0.15, 0.2) is 12.3 Å². The maximum atomic E-state index is 13.5. The number of alkyl carbamates (subject to hydrolysis) is 1. The first-order chi connectivity index (χ1) is 15.1. The first kappa shape index (κ1) is 25.1. The number of hydrogen-bond acceptors (Lipinski definition) is 5. The second-order valence-electron chi connectivity index (χ2n) is 9.92. The van der Waals surface area contributed by atoms with E-state index in [0.29, 0.717) is 19.0 Å². The Bertz CT molecular complexity index is 929.